The van der Waals surface area contributed by atoms with Crippen molar-refractivity contribution in [3.8, 4) is 0 Å². The van der Waals surface area contributed by atoms with E-state index >= 15 is 0 Å². The zero-order chi connectivity index (χ0) is 13.1. The van der Waals surface area contributed by atoms with Crippen LogP contribution in [-0.4, -0.2) is 23.8 Å². The van der Waals surface area contributed by atoms with Crippen molar-refractivity contribution in [3.05, 3.63) is 35.9 Å². The van der Waals surface area contributed by atoms with E-state index in [1.807, 2.05) is 13.0 Å². The van der Waals surface area contributed by atoms with Crippen LogP contribution in [0.15, 0.2) is 35.5 Å². The first-order valence-electron chi connectivity index (χ1n) is 6.11. The van der Waals surface area contributed by atoms with Crippen molar-refractivity contribution in [2.75, 3.05) is 0 Å². The monoisotopic (exact) mass is 249 g/mol. The molecule has 0 spiro atoms. The number of hydrogen-bond donors (Lipinski definition) is 0. The molecule has 4 heteroatoms. The van der Waals surface area contributed by atoms with E-state index in [1.165, 1.54) is 6.92 Å². The maximum atomic E-state index is 13.7. The van der Waals surface area contributed by atoms with Crippen molar-refractivity contribution in [2.24, 2.45) is 11.1 Å². The summed E-state index contributed by atoms with van der Waals surface area (Å²) >= 11 is 0. The lowest BCUT2D eigenvalue weighted by Crippen LogP contribution is -2.36. The summed E-state index contributed by atoms with van der Waals surface area (Å²) in [6.45, 7) is 3.32. The molecule has 18 heavy (non-hydrogen) atoms. The highest BCUT2D eigenvalue weighted by molar-refractivity contribution is 6.04. The van der Waals surface area contributed by atoms with Gasteiger partial charge < -0.3 is 4.84 Å². The van der Waals surface area contributed by atoms with E-state index in [9.17, 15) is 9.18 Å². The Balaban J connectivity index is 2.22. The second-order valence-corrected chi connectivity index (χ2v) is 4.40. The second kappa shape index (κ2) is 5.29. The minimum absolute atomic E-state index is 0.211. The van der Waals surface area contributed by atoms with Gasteiger partial charge in [-0.3, -0.25) is 4.79 Å². The van der Waals surface area contributed by atoms with Crippen LogP contribution in [0, 0.1) is 5.92 Å². The third kappa shape index (κ3) is 2.28. The van der Waals surface area contributed by atoms with Crippen LogP contribution >= 0.6 is 0 Å². The number of ketones is 1. The van der Waals surface area contributed by atoms with Crippen LogP contribution in [-0.2, 0) is 4.84 Å². The van der Waals surface area contributed by atoms with Gasteiger partial charge >= 0.3 is 0 Å². The third-order valence-corrected chi connectivity index (χ3v) is 3.17. The van der Waals surface area contributed by atoms with Gasteiger partial charge in [0.15, 0.2) is 0 Å². The molecule has 0 aliphatic carbocycles. The number of benzene rings is 1. The minimum atomic E-state index is -1.15. The largest absolute Gasteiger partial charge is 0.383 e. The summed E-state index contributed by atoms with van der Waals surface area (Å²) in [6.07, 6.45) is -1.39. The Morgan fingerprint density at radius 2 is 2.11 bits per heavy atom. The Morgan fingerprint density at radius 1 is 1.44 bits per heavy atom. The Kier molecular flexibility index (Phi) is 3.75. The molecule has 2 rings (SSSR count). The number of halogens is 1. The molecule has 0 fully saturated rings. The summed E-state index contributed by atoms with van der Waals surface area (Å²) in [4.78, 5) is 17.4. The predicted octanol–water partition coefficient (Wildman–Crippen LogP) is 3.01. The van der Waals surface area contributed by atoms with E-state index in [1.54, 1.807) is 24.3 Å². The van der Waals surface area contributed by atoms with Crippen molar-refractivity contribution in [1.29, 1.82) is 0 Å². The Hall–Kier alpha value is -1.71. The zero-order valence-corrected chi connectivity index (χ0v) is 10.5. The summed E-state index contributed by atoms with van der Waals surface area (Å²) in [7, 11) is 0. The number of carbonyl (C=O) groups excluding carboxylic acids is 1. The Morgan fingerprint density at radius 3 is 2.67 bits per heavy atom. The summed E-state index contributed by atoms with van der Waals surface area (Å²) < 4.78 is 13.7. The fraction of sp³-hybridized carbons (Fsp3) is 0.429. The van der Waals surface area contributed by atoms with Crippen LogP contribution in [0.5, 0.6) is 0 Å². The maximum Gasteiger partial charge on any atom is 0.206 e. The fourth-order valence-corrected chi connectivity index (χ4v) is 2.21. The zero-order valence-electron chi connectivity index (χ0n) is 10.5. The van der Waals surface area contributed by atoms with E-state index in [0.717, 1.165) is 0 Å². The lowest BCUT2D eigenvalue weighted by molar-refractivity contribution is 0.0350. The van der Waals surface area contributed by atoms with Gasteiger partial charge in [-0.05, 0) is 13.3 Å². The van der Waals surface area contributed by atoms with Gasteiger partial charge in [0.1, 0.15) is 6.17 Å². The molecule has 0 bridgehead atoms. The normalized spacial score (nSPS) is 24.3. The fourth-order valence-electron chi connectivity index (χ4n) is 2.21. The smallest absolute Gasteiger partial charge is 0.206 e. The van der Waals surface area contributed by atoms with Gasteiger partial charge in [0.05, 0.1) is 11.6 Å². The van der Waals surface area contributed by atoms with E-state index in [4.69, 9.17) is 4.84 Å². The SMILES string of the molecule is CCC1=NO[C@@H](C(=O)c2ccccc2)[C@@H]1[C@H](C)F. The molecule has 0 aromatic heterocycles. The van der Waals surface area contributed by atoms with Crippen LogP contribution in [0.4, 0.5) is 4.39 Å². The molecule has 0 unspecified atom stereocenters. The van der Waals surface area contributed by atoms with Gasteiger partial charge in [-0.2, -0.15) is 0 Å². The number of alkyl halides is 1. The summed E-state index contributed by atoms with van der Waals surface area (Å²) in [5, 5.41) is 3.84. The van der Waals surface area contributed by atoms with Crippen molar-refractivity contribution < 1.29 is 14.0 Å². The average molecular weight is 249 g/mol. The van der Waals surface area contributed by atoms with Crippen LogP contribution in [0.2, 0.25) is 0 Å². The highest BCUT2D eigenvalue weighted by atomic mass is 19.1. The number of Topliss-reactive ketones (excluding diaryl/α,β-unsaturated/α-hetero) is 1. The highest BCUT2D eigenvalue weighted by Gasteiger charge is 2.42. The summed E-state index contributed by atoms with van der Waals surface area (Å²) in [5.41, 5.74) is 1.15. The molecule has 1 aliphatic heterocycles. The molecule has 0 radical (unpaired) electrons. The molecule has 1 heterocycles. The Labute approximate surface area is 106 Å². The topological polar surface area (TPSA) is 38.7 Å². The lowest BCUT2D eigenvalue weighted by atomic mass is 9.87. The molecule has 1 aliphatic rings. The quantitative estimate of drug-likeness (QED) is 0.769. The number of rotatable bonds is 4. The molecular weight excluding hydrogens is 233 g/mol. The molecule has 0 saturated heterocycles. The second-order valence-electron chi connectivity index (χ2n) is 4.40. The molecule has 0 amide bonds. The van der Waals surface area contributed by atoms with E-state index in [-0.39, 0.29) is 5.78 Å². The maximum absolute atomic E-state index is 13.7. The molecule has 0 saturated carbocycles. The molecular formula is C14H16FNO2. The summed E-state index contributed by atoms with van der Waals surface area (Å²) in [6, 6.07) is 8.79. The lowest BCUT2D eigenvalue weighted by Gasteiger charge is -2.18. The third-order valence-electron chi connectivity index (χ3n) is 3.17. The molecule has 1 aromatic rings. The molecule has 1 aromatic carbocycles. The van der Waals surface area contributed by atoms with Crippen LogP contribution < -0.4 is 0 Å². The van der Waals surface area contributed by atoms with Crippen molar-refractivity contribution in [3.63, 3.8) is 0 Å². The highest BCUT2D eigenvalue weighted by Crippen LogP contribution is 2.28. The van der Waals surface area contributed by atoms with Crippen LogP contribution in [0.25, 0.3) is 0 Å². The van der Waals surface area contributed by atoms with Crippen LogP contribution in [0.3, 0.4) is 0 Å². The Bertz CT molecular complexity index is 456. The van der Waals surface area contributed by atoms with Crippen LogP contribution in [0.1, 0.15) is 30.6 Å². The van der Waals surface area contributed by atoms with Gasteiger partial charge in [0.2, 0.25) is 11.9 Å². The van der Waals surface area contributed by atoms with Crippen molar-refractivity contribution in [2.45, 2.75) is 32.5 Å². The van der Waals surface area contributed by atoms with Gasteiger partial charge in [-0.25, -0.2) is 4.39 Å². The number of hydrogen-bond acceptors (Lipinski definition) is 3. The first kappa shape index (κ1) is 12.7. The predicted molar refractivity (Wildman–Crippen MR) is 67.4 cm³/mol. The first-order valence-corrected chi connectivity index (χ1v) is 6.11. The standard InChI is InChI=1S/C14H16FNO2/c1-3-11-12(9(2)15)14(18-16-11)13(17)10-7-5-4-6-8-10/h4-9,12,14H,3H2,1-2H3/t9-,12+,14+/m0/s1. The molecule has 0 N–H and O–H groups in total. The molecule has 96 valence electrons. The van der Waals surface area contributed by atoms with Gasteiger partial charge in [-0.1, -0.05) is 42.4 Å². The average Bonchev–Trinajstić information content (AvgIpc) is 2.82. The van der Waals surface area contributed by atoms with E-state index in [0.29, 0.717) is 17.7 Å². The van der Waals surface area contributed by atoms with Gasteiger partial charge in [0, 0.05) is 5.56 Å². The molecule has 3 nitrogen and oxygen atoms in total. The first-order chi connectivity index (χ1) is 8.65. The van der Waals surface area contributed by atoms with E-state index in [2.05, 4.69) is 5.16 Å². The van der Waals surface area contributed by atoms with Gasteiger partial charge in [-0.15, -0.1) is 0 Å². The number of nitrogens with zero attached hydrogens (tertiary/aromatic N) is 1. The minimum Gasteiger partial charge on any atom is -0.383 e. The van der Waals surface area contributed by atoms with Crippen molar-refractivity contribution >= 4 is 11.5 Å². The van der Waals surface area contributed by atoms with Gasteiger partial charge in [0.25, 0.3) is 0 Å². The number of carbonyl (C=O) groups is 1. The summed E-state index contributed by atoms with van der Waals surface area (Å²) in [5.74, 6) is -0.778. The molecule has 3 atom stereocenters. The number of oxime groups is 1. The van der Waals surface area contributed by atoms with E-state index < -0.39 is 18.2 Å². The van der Waals surface area contributed by atoms with Crippen molar-refractivity contribution in [1.82, 2.24) is 0 Å².